The van der Waals surface area contributed by atoms with E-state index >= 15 is 0 Å². The minimum Gasteiger partial charge on any atom is -0.504 e. The summed E-state index contributed by atoms with van der Waals surface area (Å²) in [6.45, 7) is 0. The van der Waals surface area contributed by atoms with Gasteiger partial charge in [-0.25, -0.2) is 8.42 Å². The Labute approximate surface area is 164 Å². The largest absolute Gasteiger partial charge is 0.504 e. The first kappa shape index (κ1) is 19.8. The summed E-state index contributed by atoms with van der Waals surface area (Å²) in [6.07, 6.45) is 1.44. The maximum Gasteiger partial charge on any atom is 0.247 e. The van der Waals surface area contributed by atoms with Gasteiger partial charge in [0.25, 0.3) is 0 Å². The molecule has 9 heteroatoms. The average molecular weight is 406 g/mol. The van der Waals surface area contributed by atoms with Gasteiger partial charge in [0, 0.05) is 12.0 Å². The molecule has 1 atom stereocenters. The molecule has 0 radical (unpaired) electrons. The Kier molecular flexibility index (Phi) is 5.37. The highest BCUT2D eigenvalue weighted by atomic mass is 32.2. The topological polar surface area (TPSA) is 97.7 Å². The van der Waals surface area contributed by atoms with Crippen LogP contribution in [0.4, 0.5) is 0 Å². The maximum atomic E-state index is 12.3. The van der Waals surface area contributed by atoms with Crippen molar-refractivity contribution < 1.29 is 27.7 Å². The van der Waals surface area contributed by atoms with E-state index in [0.717, 1.165) is 16.2 Å². The van der Waals surface area contributed by atoms with E-state index in [2.05, 4.69) is 5.10 Å². The normalized spacial score (nSPS) is 16.6. The molecule has 3 rings (SSSR count). The van der Waals surface area contributed by atoms with Crippen LogP contribution in [0.3, 0.4) is 0 Å². The second kappa shape index (κ2) is 7.59. The standard InChI is InChI=1S/C19H22N2O6S/c1-25-17-7-6-13(9-16(17)22)15-11-14(20-21(15)28(4,23)24)12-5-8-18(26-2)19(10-12)27-3/h5-10,15,22H,11H2,1-4H3. The summed E-state index contributed by atoms with van der Waals surface area (Å²) >= 11 is 0. The van der Waals surface area contributed by atoms with Crippen LogP contribution in [-0.2, 0) is 10.0 Å². The molecular formula is C19H22N2O6S. The van der Waals surface area contributed by atoms with Crippen molar-refractivity contribution in [1.29, 1.82) is 0 Å². The SMILES string of the molecule is COc1ccc(C2CC(c3ccc(OC)c(OC)c3)=NN2S(C)(=O)=O)cc1O. The van der Waals surface area contributed by atoms with Gasteiger partial charge >= 0.3 is 0 Å². The third-order valence-electron chi connectivity index (χ3n) is 4.52. The Bertz CT molecular complexity index is 1020. The summed E-state index contributed by atoms with van der Waals surface area (Å²) in [4.78, 5) is 0. The van der Waals surface area contributed by atoms with Crippen LogP contribution >= 0.6 is 0 Å². The van der Waals surface area contributed by atoms with Crippen molar-refractivity contribution in [1.82, 2.24) is 4.41 Å². The van der Waals surface area contributed by atoms with E-state index in [1.54, 1.807) is 37.4 Å². The van der Waals surface area contributed by atoms with Gasteiger partial charge < -0.3 is 19.3 Å². The molecule has 0 aromatic heterocycles. The van der Waals surface area contributed by atoms with Crippen molar-refractivity contribution in [3.8, 4) is 23.0 Å². The molecule has 0 bridgehead atoms. The Hall–Kier alpha value is -2.94. The number of hydrogen-bond donors (Lipinski definition) is 1. The number of hydrogen-bond acceptors (Lipinski definition) is 7. The number of methoxy groups -OCH3 is 3. The number of ether oxygens (including phenoxy) is 3. The van der Waals surface area contributed by atoms with E-state index in [1.807, 2.05) is 0 Å². The summed E-state index contributed by atoms with van der Waals surface area (Å²) in [6, 6.07) is 9.53. The highest BCUT2D eigenvalue weighted by Gasteiger charge is 2.35. The average Bonchev–Trinajstić information content (AvgIpc) is 3.13. The van der Waals surface area contributed by atoms with Crippen molar-refractivity contribution in [3.05, 3.63) is 47.5 Å². The lowest BCUT2D eigenvalue weighted by Gasteiger charge is -2.21. The number of aromatic hydroxyl groups is 1. The predicted molar refractivity (Wildman–Crippen MR) is 105 cm³/mol. The van der Waals surface area contributed by atoms with Crippen molar-refractivity contribution in [3.63, 3.8) is 0 Å². The summed E-state index contributed by atoms with van der Waals surface area (Å²) in [5.74, 6) is 1.35. The van der Waals surface area contributed by atoms with Gasteiger partial charge in [0.05, 0.1) is 39.3 Å². The molecule has 1 N–H and O–H groups in total. The molecule has 2 aromatic rings. The van der Waals surface area contributed by atoms with Gasteiger partial charge in [-0.15, -0.1) is 0 Å². The van der Waals surface area contributed by atoms with Crippen molar-refractivity contribution in [2.75, 3.05) is 27.6 Å². The molecule has 0 aliphatic carbocycles. The molecule has 1 unspecified atom stereocenters. The zero-order valence-electron chi connectivity index (χ0n) is 16.0. The second-order valence-corrected chi connectivity index (χ2v) is 8.14. The summed E-state index contributed by atoms with van der Waals surface area (Å²) < 4.78 is 41.3. The summed E-state index contributed by atoms with van der Waals surface area (Å²) in [5.41, 5.74) is 1.93. The first-order valence-electron chi connectivity index (χ1n) is 8.44. The molecule has 28 heavy (non-hydrogen) atoms. The Morgan fingerprint density at radius 1 is 1.00 bits per heavy atom. The Morgan fingerprint density at radius 3 is 2.21 bits per heavy atom. The lowest BCUT2D eigenvalue weighted by atomic mass is 9.98. The monoisotopic (exact) mass is 406 g/mol. The quantitative estimate of drug-likeness (QED) is 0.792. The predicted octanol–water partition coefficient (Wildman–Crippen LogP) is 2.53. The molecule has 0 saturated carbocycles. The zero-order chi connectivity index (χ0) is 20.5. The van der Waals surface area contributed by atoms with E-state index in [0.29, 0.717) is 34.9 Å². The molecule has 0 saturated heterocycles. The van der Waals surface area contributed by atoms with Crippen LogP contribution in [0.2, 0.25) is 0 Å². The van der Waals surface area contributed by atoms with E-state index in [1.165, 1.54) is 20.3 Å². The van der Waals surface area contributed by atoms with Gasteiger partial charge in [-0.3, -0.25) is 0 Å². The van der Waals surface area contributed by atoms with Crippen LogP contribution < -0.4 is 14.2 Å². The molecule has 0 amide bonds. The molecule has 0 spiro atoms. The first-order chi connectivity index (χ1) is 13.3. The number of phenols is 1. The number of phenolic OH excluding ortho intramolecular Hbond substituents is 1. The van der Waals surface area contributed by atoms with Crippen LogP contribution in [0.25, 0.3) is 0 Å². The minimum absolute atomic E-state index is 0.0620. The smallest absolute Gasteiger partial charge is 0.247 e. The molecular weight excluding hydrogens is 384 g/mol. The van der Waals surface area contributed by atoms with Gasteiger partial charge in [-0.05, 0) is 35.9 Å². The van der Waals surface area contributed by atoms with E-state index < -0.39 is 16.1 Å². The first-order valence-corrected chi connectivity index (χ1v) is 10.3. The number of benzene rings is 2. The highest BCUT2D eigenvalue weighted by molar-refractivity contribution is 7.88. The lowest BCUT2D eigenvalue weighted by molar-refractivity contribution is 0.355. The van der Waals surface area contributed by atoms with Gasteiger partial charge in [-0.1, -0.05) is 6.07 Å². The fraction of sp³-hybridized carbons (Fsp3) is 0.316. The molecule has 0 fully saturated rings. The van der Waals surface area contributed by atoms with Crippen LogP contribution in [0.15, 0.2) is 41.5 Å². The maximum absolute atomic E-state index is 12.3. The number of sulfonamides is 1. The van der Waals surface area contributed by atoms with Crippen LogP contribution in [0.5, 0.6) is 23.0 Å². The number of hydrazone groups is 1. The van der Waals surface area contributed by atoms with Gasteiger partial charge in [-0.2, -0.15) is 9.52 Å². The van der Waals surface area contributed by atoms with Crippen LogP contribution in [0, 0.1) is 0 Å². The fourth-order valence-corrected chi connectivity index (χ4v) is 4.05. The number of nitrogens with zero attached hydrogens (tertiary/aromatic N) is 2. The Balaban J connectivity index is 2.01. The van der Waals surface area contributed by atoms with E-state index in [-0.39, 0.29) is 5.75 Å². The zero-order valence-corrected chi connectivity index (χ0v) is 16.9. The Morgan fingerprint density at radius 2 is 1.64 bits per heavy atom. The molecule has 1 aliphatic heterocycles. The molecule has 2 aromatic carbocycles. The molecule has 1 heterocycles. The third-order valence-corrected chi connectivity index (χ3v) is 5.53. The molecule has 150 valence electrons. The summed E-state index contributed by atoms with van der Waals surface area (Å²) in [5, 5.41) is 14.4. The molecule has 8 nitrogen and oxygen atoms in total. The third kappa shape index (κ3) is 3.70. The highest BCUT2D eigenvalue weighted by Crippen LogP contribution is 2.39. The van der Waals surface area contributed by atoms with Crippen molar-refractivity contribution in [2.24, 2.45) is 5.10 Å². The summed E-state index contributed by atoms with van der Waals surface area (Å²) in [7, 11) is 0.904. The lowest BCUT2D eigenvalue weighted by Crippen LogP contribution is -2.25. The fourth-order valence-electron chi connectivity index (χ4n) is 3.15. The van der Waals surface area contributed by atoms with E-state index in [9.17, 15) is 13.5 Å². The van der Waals surface area contributed by atoms with Crippen molar-refractivity contribution >= 4 is 15.7 Å². The van der Waals surface area contributed by atoms with Crippen LogP contribution in [0.1, 0.15) is 23.6 Å². The van der Waals surface area contributed by atoms with Gasteiger partial charge in [0.15, 0.2) is 23.0 Å². The second-order valence-electron chi connectivity index (χ2n) is 6.30. The van der Waals surface area contributed by atoms with E-state index in [4.69, 9.17) is 14.2 Å². The van der Waals surface area contributed by atoms with Gasteiger partial charge in [0.2, 0.25) is 10.0 Å². The van der Waals surface area contributed by atoms with Gasteiger partial charge in [0.1, 0.15) is 0 Å². The number of rotatable bonds is 6. The van der Waals surface area contributed by atoms with Crippen LogP contribution in [-0.4, -0.2) is 51.2 Å². The minimum atomic E-state index is -3.62. The van der Waals surface area contributed by atoms with Crippen molar-refractivity contribution in [2.45, 2.75) is 12.5 Å². The molecule has 1 aliphatic rings.